The highest BCUT2D eigenvalue weighted by Crippen LogP contribution is 2.53. The molecular formula is C41H54N6O6S. The molecule has 2 heterocycles. The normalized spacial score (nSPS) is 25.2. The number of nitro groups is 1. The number of piperidine rings is 1. The highest BCUT2D eigenvalue weighted by Gasteiger charge is 2.49. The van der Waals surface area contributed by atoms with E-state index in [1.165, 1.54) is 36.1 Å². The van der Waals surface area contributed by atoms with E-state index in [0.717, 1.165) is 70.2 Å². The highest BCUT2D eigenvalue weighted by atomic mass is 32.2. The first-order chi connectivity index (χ1) is 25.7. The van der Waals surface area contributed by atoms with Crippen molar-refractivity contribution in [2.45, 2.75) is 87.8 Å². The molecule has 1 spiro atoms. The lowest BCUT2D eigenvalue weighted by Crippen LogP contribution is -2.59. The average molecular weight is 759 g/mol. The molecule has 3 N–H and O–H groups in total. The molecule has 2 saturated carbocycles. The Balaban J connectivity index is 0.920. The van der Waals surface area contributed by atoms with Gasteiger partial charge in [-0.1, -0.05) is 24.3 Å². The molecule has 0 radical (unpaired) electrons. The Hall–Kier alpha value is -4.04. The Kier molecular flexibility index (Phi) is 10.8. The number of rotatable bonds is 10. The minimum Gasteiger partial charge on any atom is -0.390 e. The van der Waals surface area contributed by atoms with Crippen molar-refractivity contribution in [1.29, 1.82) is 0 Å². The van der Waals surface area contributed by atoms with E-state index >= 15 is 0 Å². The molecule has 1 atom stereocenters. The molecule has 4 fully saturated rings. The van der Waals surface area contributed by atoms with Crippen LogP contribution in [0.1, 0.15) is 85.8 Å². The molecule has 290 valence electrons. The molecule has 2 aliphatic heterocycles. The van der Waals surface area contributed by atoms with Gasteiger partial charge in [0, 0.05) is 68.7 Å². The van der Waals surface area contributed by atoms with Gasteiger partial charge in [0.25, 0.3) is 21.6 Å². The molecule has 3 aromatic carbocycles. The summed E-state index contributed by atoms with van der Waals surface area (Å²) >= 11 is 0. The minimum absolute atomic E-state index is 0.187. The van der Waals surface area contributed by atoms with E-state index in [1.54, 1.807) is 12.1 Å². The van der Waals surface area contributed by atoms with Crippen LogP contribution in [0.25, 0.3) is 0 Å². The minimum atomic E-state index is -4.38. The Morgan fingerprint density at radius 3 is 2.31 bits per heavy atom. The molecule has 0 bridgehead atoms. The van der Waals surface area contributed by atoms with Gasteiger partial charge < -0.3 is 20.2 Å². The molecule has 13 heteroatoms. The Bertz CT molecular complexity index is 1940. The first kappa shape index (κ1) is 38.2. The number of amides is 1. The van der Waals surface area contributed by atoms with Gasteiger partial charge in [-0.25, -0.2) is 13.1 Å². The zero-order chi connectivity index (χ0) is 38.3. The van der Waals surface area contributed by atoms with Gasteiger partial charge in [0.2, 0.25) is 0 Å². The van der Waals surface area contributed by atoms with Crippen molar-refractivity contribution >= 4 is 33.0 Å². The lowest BCUT2D eigenvalue weighted by atomic mass is 9.59. The molecular weight excluding hydrogens is 705 g/mol. The predicted molar refractivity (Wildman–Crippen MR) is 210 cm³/mol. The summed E-state index contributed by atoms with van der Waals surface area (Å²) < 4.78 is 28.5. The predicted octanol–water partition coefficient (Wildman–Crippen LogP) is 6.11. The first-order valence-corrected chi connectivity index (χ1v) is 20.9. The summed E-state index contributed by atoms with van der Waals surface area (Å²) in [6.07, 6.45) is 7.61. The fraction of sp³-hybridized carbons (Fsp3) is 0.537. The van der Waals surface area contributed by atoms with Crippen LogP contribution < -0.4 is 14.9 Å². The van der Waals surface area contributed by atoms with Crippen molar-refractivity contribution in [3.63, 3.8) is 0 Å². The SMILES string of the molecule is Cc1ccccc1[C@@H]1CN(C)CCN1C1CC2(CCN(c3ccc(C(=O)NS(=O)(=O)c4ccc(NCC5CCC(C)(O)CC5)c([N+](=O)[O-])c4)cc3)CC2)C1. The summed E-state index contributed by atoms with van der Waals surface area (Å²) in [6, 6.07) is 20.4. The smallest absolute Gasteiger partial charge is 0.293 e. The summed E-state index contributed by atoms with van der Waals surface area (Å²) in [7, 11) is -2.16. The number of aliphatic hydroxyl groups is 1. The Morgan fingerprint density at radius 2 is 1.65 bits per heavy atom. The van der Waals surface area contributed by atoms with Crippen molar-refractivity contribution in [2.75, 3.05) is 56.5 Å². The monoisotopic (exact) mass is 758 g/mol. The van der Waals surface area contributed by atoms with Crippen molar-refractivity contribution in [3.8, 4) is 0 Å². The summed E-state index contributed by atoms with van der Waals surface area (Å²) in [5.74, 6) is -0.558. The van der Waals surface area contributed by atoms with Crippen LogP contribution in [-0.4, -0.2) is 92.1 Å². The number of carbonyl (C=O) groups is 1. The van der Waals surface area contributed by atoms with Crippen LogP contribution in [0.3, 0.4) is 0 Å². The van der Waals surface area contributed by atoms with E-state index in [2.05, 4.69) is 63.0 Å². The number of nitrogens with zero attached hydrogens (tertiary/aromatic N) is 4. The molecule has 3 aromatic rings. The summed E-state index contributed by atoms with van der Waals surface area (Å²) in [4.78, 5) is 31.6. The average Bonchev–Trinajstić information content (AvgIpc) is 3.13. The maximum absolute atomic E-state index is 13.2. The summed E-state index contributed by atoms with van der Waals surface area (Å²) in [5.41, 5.74) is 3.51. The zero-order valence-electron chi connectivity index (χ0n) is 31.7. The zero-order valence-corrected chi connectivity index (χ0v) is 32.5. The number of nitro benzene ring substituents is 1. The number of nitrogens with one attached hydrogen (secondary N) is 2. The lowest BCUT2D eigenvalue weighted by Gasteiger charge is -2.58. The molecule has 54 heavy (non-hydrogen) atoms. The molecule has 2 aliphatic carbocycles. The number of carbonyl (C=O) groups excluding carboxylic acids is 1. The third-order valence-electron chi connectivity index (χ3n) is 12.8. The van der Waals surface area contributed by atoms with Crippen LogP contribution in [0.4, 0.5) is 17.1 Å². The number of benzene rings is 3. The Labute approximate surface area is 319 Å². The lowest BCUT2D eigenvalue weighted by molar-refractivity contribution is -0.384. The summed E-state index contributed by atoms with van der Waals surface area (Å²) in [5, 5.41) is 25.2. The fourth-order valence-electron chi connectivity index (χ4n) is 9.23. The molecule has 2 saturated heterocycles. The molecule has 7 rings (SSSR count). The van der Waals surface area contributed by atoms with Gasteiger partial charge in [-0.05, 0) is 131 Å². The van der Waals surface area contributed by atoms with E-state index in [0.29, 0.717) is 36.9 Å². The molecule has 0 aromatic heterocycles. The number of anilines is 2. The van der Waals surface area contributed by atoms with Crippen molar-refractivity contribution in [1.82, 2.24) is 14.5 Å². The number of piperazine rings is 1. The Morgan fingerprint density at radius 1 is 0.963 bits per heavy atom. The summed E-state index contributed by atoms with van der Waals surface area (Å²) in [6.45, 7) is 9.64. The van der Waals surface area contributed by atoms with Crippen LogP contribution in [0, 0.1) is 28.4 Å². The van der Waals surface area contributed by atoms with Crippen LogP contribution in [0.2, 0.25) is 0 Å². The maximum atomic E-state index is 13.2. The van der Waals surface area contributed by atoms with Crippen molar-refractivity contribution in [3.05, 3.63) is 93.5 Å². The quantitative estimate of drug-likeness (QED) is 0.163. The van der Waals surface area contributed by atoms with Crippen molar-refractivity contribution < 1.29 is 23.2 Å². The third-order valence-corrected chi connectivity index (χ3v) is 14.1. The second-order valence-electron chi connectivity index (χ2n) is 16.7. The van der Waals surface area contributed by atoms with Crippen LogP contribution in [-0.2, 0) is 10.0 Å². The van der Waals surface area contributed by atoms with E-state index in [4.69, 9.17) is 0 Å². The molecule has 1 amide bonds. The van der Waals surface area contributed by atoms with Gasteiger partial charge in [0.05, 0.1) is 15.4 Å². The second kappa shape index (κ2) is 15.2. The van der Waals surface area contributed by atoms with E-state index in [-0.39, 0.29) is 27.8 Å². The van der Waals surface area contributed by atoms with Crippen molar-refractivity contribution in [2.24, 2.45) is 11.3 Å². The number of likely N-dealkylation sites (N-methyl/N-ethyl adjacent to an activating group) is 1. The van der Waals surface area contributed by atoms with Gasteiger partial charge in [0.15, 0.2) is 0 Å². The van der Waals surface area contributed by atoms with E-state index in [1.807, 2.05) is 19.1 Å². The number of hydrogen-bond donors (Lipinski definition) is 3. The van der Waals surface area contributed by atoms with Gasteiger partial charge in [-0.3, -0.25) is 19.8 Å². The highest BCUT2D eigenvalue weighted by molar-refractivity contribution is 7.90. The van der Waals surface area contributed by atoms with Gasteiger partial charge >= 0.3 is 0 Å². The molecule has 0 unspecified atom stereocenters. The standard InChI is InChI=1S/C41H54N6O6S/c1-29-6-4-5-7-35(29)38-28-44(3)22-23-46(38)33-25-41(26-33)18-20-45(21-19-41)32-10-8-31(9-11-32)39(48)43-54(52,53)34-12-13-36(37(24-34)47(50)51)42-27-30-14-16-40(2,49)17-15-30/h4-13,24,30,33,38,42,49H,14-23,25-28H2,1-3H3,(H,43,48)/t30?,38-,40?/m0/s1. The van der Waals surface area contributed by atoms with E-state index in [9.17, 15) is 28.4 Å². The third kappa shape index (κ3) is 8.29. The van der Waals surface area contributed by atoms with E-state index < -0.39 is 26.5 Å². The molecule has 4 aliphatic rings. The number of aryl methyl sites for hydroxylation is 1. The van der Waals surface area contributed by atoms with Gasteiger partial charge in [-0.15, -0.1) is 0 Å². The number of sulfonamides is 1. The van der Waals surface area contributed by atoms with Crippen LogP contribution in [0.15, 0.2) is 71.6 Å². The fourth-order valence-corrected chi connectivity index (χ4v) is 10.2. The van der Waals surface area contributed by atoms with Gasteiger partial charge in [-0.2, -0.15) is 0 Å². The molecule has 12 nitrogen and oxygen atoms in total. The maximum Gasteiger partial charge on any atom is 0.293 e. The number of hydrogen-bond acceptors (Lipinski definition) is 10. The first-order valence-electron chi connectivity index (χ1n) is 19.4. The van der Waals surface area contributed by atoms with Gasteiger partial charge in [0.1, 0.15) is 5.69 Å². The van der Waals surface area contributed by atoms with Crippen LogP contribution >= 0.6 is 0 Å². The topological polar surface area (TPSA) is 148 Å². The van der Waals surface area contributed by atoms with Crippen LogP contribution in [0.5, 0.6) is 0 Å². The largest absolute Gasteiger partial charge is 0.390 e. The second-order valence-corrected chi connectivity index (χ2v) is 18.3.